The van der Waals surface area contributed by atoms with Gasteiger partial charge in [-0.05, 0) is 68.4 Å². The van der Waals surface area contributed by atoms with Crippen molar-refractivity contribution in [3.63, 3.8) is 0 Å². The Morgan fingerprint density at radius 1 is 1.09 bits per heavy atom. The standard InChI is InChI=1S/C23H24F3NO4S/c24-23(25,26)22(30,20-27-16-3-1-2-4-17(16)32-20)11-19(29)31-12-18(28)21-8-13-5-14(9-21)7-15(6-13)10-21/h1-4,13-15,30H,5-12H2/t13?,14?,15?,21?,22-/m1/s1. The summed E-state index contributed by atoms with van der Waals surface area (Å²) in [6.45, 7) is -0.543. The average Bonchev–Trinajstić information content (AvgIpc) is 3.15. The number of ketones is 1. The number of aromatic nitrogens is 1. The van der Waals surface area contributed by atoms with Crippen LogP contribution in [0.1, 0.15) is 50.0 Å². The van der Waals surface area contributed by atoms with Gasteiger partial charge in [-0.15, -0.1) is 11.3 Å². The molecule has 1 N–H and O–H groups in total. The molecule has 4 aliphatic rings. The monoisotopic (exact) mass is 467 g/mol. The number of rotatable bonds is 6. The Kier molecular flexibility index (Phi) is 5.13. The number of alkyl halides is 3. The number of thiazole rings is 1. The van der Waals surface area contributed by atoms with Gasteiger partial charge < -0.3 is 9.84 Å². The number of benzene rings is 1. The Hall–Kier alpha value is -2.00. The van der Waals surface area contributed by atoms with Gasteiger partial charge in [-0.1, -0.05) is 12.1 Å². The van der Waals surface area contributed by atoms with E-state index in [-0.39, 0.29) is 5.78 Å². The van der Waals surface area contributed by atoms with Crippen LogP contribution in [0.3, 0.4) is 0 Å². The van der Waals surface area contributed by atoms with Gasteiger partial charge in [-0.2, -0.15) is 13.2 Å². The number of carbonyl (C=O) groups excluding carboxylic acids is 2. The lowest BCUT2D eigenvalue weighted by atomic mass is 9.48. The Morgan fingerprint density at radius 3 is 2.25 bits per heavy atom. The molecular weight excluding hydrogens is 443 g/mol. The third-order valence-corrected chi connectivity index (χ3v) is 8.70. The van der Waals surface area contributed by atoms with Crippen LogP contribution in [-0.4, -0.2) is 34.6 Å². The van der Waals surface area contributed by atoms with E-state index in [1.165, 1.54) is 6.07 Å². The summed E-state index contributed by atoms with van der Waals surface area (Å²) in [6.07, 6.45) is -0.684. The first-order valence-electron chi connectivity index (χ1n) is 10.9. The minimum atomic E-state index is -5.14. The van der Waals surface area contributed by atoms with Crippen molar-refractivity contribution in [3.8, 4) is 0 Å². The van der Waals surface area contributed by atoms with E-state index in [9.17, 15) is 27.9 Å². The third kappa shape index (κ3) is 3.63. The van der Waals surface area contributed by atoms with Crippen molar-refractivity contribution in [2.45, 2.75) is 56.7 Å². The van der Waals surface area contributed by atoms with Crippen molar-refractivity contribution in [2.75, 3.05) is 6.61 Å². The number of carbonyl (C=O) groups is 2. The van der Waals surface area contributed by atoms with Gasteiger partial charge in [0, 0.05) is 5.41 Å². The number of fused-ring (bicyclic) bond motifs is 1. The number of hydrogen-bond acceptors (Lipinski definition) is 6. The Morgan fingerprint density at radius 2 is 1.69 bits per heavy atom. The van der Waals surface area contributed by atoms with Crippen LogP contribution in [0.5, 0.6) is 0 Å². The minimum Gasteiger partial charge on any atom is -0.458 e. The zero-order valence-electron chi connectivity index (χ0n) is 17.4. The smallest absolute Gasteiger partial charge is 0.424 e. The second kappa shape index (κ2) is 7.52. The number of hydrogen-bond donors (Lipinski definition) is 1. The fraction of sp³-hybridized carbons (Fsp3) is 0.609. The summed E-state index contributed by atoms with van der Waals surface area (Å²) in [5.74, 6) is 0.114. The van der Waals surface area contributed by atoms with E-state index in [0.29, 0.717) is 39.3 Å². The van der Waals surface area contributed by atoms with E-state index < -0.39 is 41.2 Å². The number of aliphatic hydroxyl groups is 1. The van der Waals surface area contributed by atoms with Gasteiger partial charge in [0.1, 0.15) is 5.01 Å². The lowest BCUT2D eigenvalue weighted by Crippen LogP contribution is -2.51. The van der Waals surface area contributed by atoms with Crippen molar-refractivity contribution in [2.24, 2.45) is 23.2 Å². The Bertz CT molecular complexity index is 997. The second-order valence-corrected chi connectivity index (χ2v) is 10.8. The molecule has 6 rings (SSSR count). The average molecular weight is 468 g/mol. The largest absolute Gasteiger partial charge is 0.458 e. The summed E-state index contributed by atoms with van der Waals surface area (Å²) < 4.78 is 47.0. The van der Waals surface area contributed by atoms with Crippen molar-refractivity contribution >= 4 is 33.3 Å². The molecule has 1 heterocycles. The van der Waals surface area contributed by atoms with Crippen molar-refractivity contribution in [1.82, 2.24) is 4.98 Å². The van der Waals surface area contributed by atoms with Gasteiger partial charge in [0.2, 0.25) is 5.60 Å². The fourth-order valence-electron chi connectivity index (χ4n) is 6.36. The maximum absolute atomic E-state index is 13.8. The first-order chi connectivity index (χ1) is 15.1. The molecule has 9 heteroatoms. The van der Waals surface area contributed by atoms with Crippen LogP contribution in [0.4, 0.5) is 13.2 Å². The van der Waals surface area contributed by atoms with Crippen molar-refractivity contribution < 1.29 is 32.6 Å². The molecule has 0 aliphatic heterocycles. The molecule has 172 valence electrons. The van der Waals surface area contributed by atoms with Crippen LogP contribution in [0.2, 0.25) is 0 Å². The Labute approximate surface area is 187 Å². The molecule has 0 amide bonds. The van der Waals surface area contributed by atoms with Gasteiger partial charge in [0.15, 0.2) is 12.4 Å². The number of Topliss-reactive ketones (excluding diaryl/α,β-unsaturated/α-hetero) is 1. The molecule has 32 heavy (non-hydrogen) atoms. The summed E-state index contributed by atoms with van der Waals surface area (Å²) in [7, 11) is 0. The molecule has 1 atom stereocenters. The highest BCUT2D eigenvalue weighted by Gasteiger charge is 2.59. The highest BCUT2D eigenvalue weighted by Crippen LogP contribution is 2.60. The van der Waals surface area contributed by atoms with E-state index in [1.807, 2.05) is 0 Å². The van der Waals surface area contributed by atoms with E-state index in [4.69, 9.17) is 4.74 Å². The number of halogens is 3. The molecule has 4 aliphatic carbocycles. The number of para-hydroxylation sites is 1. The predicted molar refractivity (Wildman–Crippen MR) is 111 cm³/mol. The summed E-state index contributed by atoms with van der Waals surface area (Å²) in [5, 5.41) is 9.91. The molecule has 1 aromatic heterocycles. The molecule has 0 saturated heterocycles. The molecular formula is C23H24F3NO4S. The predicted octanol–water partition coefficient (Wildman–Crippen LogP) is 4.77. The molecule has 0 radical (unpaired) electrons. The molecule has 0 unspecified atom stereocenters. The lowest BCUT2D eigenvalue weighted by molar-refractivity contribution is -0.269. The van der Waals surface area contributed by atoms with E-state index in [1.54, 1.807) is 18.2 Å². The number of esters is 1. The number of ether oxygens (including phenoxy) is 1. The quantitative estimate of drug-likeness (QED) is 0.620. The van der Waals surface area contributed by atoms with Gasteiger partial charge >= 0.3 is 12.1 Å². The summed E-state index contributed by atoms with van der Waals surface area (Å²) in [5.41, 5.74) is -3.67. The van der Waals surface area contributed by atoms with E-state index >= 15 is 0 Å². The van der Waals surface area contributed by atoms with Crippen molar-refractivity contribution in [3.05, 3.63) is 29.3 Å². The first-order valence-corrected chi connectivity index (χ1v) is 11.7. The van der Waals surface area contributed by atoms with Crippen LogP contribution in [-0.2, 0) is 19.9 Å². The zero-order chi connectivity index (χ0) is 22.7. The Balaban J connectivity index is 1.29. The maximum atomic E-state index is 13.8. The van der Waals surface area contributed by atoms with Crippen LogP contribution in [0, 0.1) is 23.2 Å². The third-order valence-electron chi connectivity index (χ3n) is 7.51. The van der Waals surface area contributed by atoms with Crippen LogP contribution in [0.25, 0.3) is 10.2 Å². The van der Waals surface area contributed by atoms with Crippen LogP contribution < -0.4 is 0 Å². The lowest BCUT2D eigenvalue weighted by Gasteiger charge is -2.55. The van der Waals surface area contributed by atoms with Crippen LogP contribution >= 0.6 is 11.3 Å². The fourth-order valence-corrected chi connectivity index (χ4v) is 7.43. The first kappa shape index (κ1) is 21.8. The maximum Gasteiger partial charge on any atom is 0.424 e. The molecule has 4 fully saturated rings. The molecule has 0 spiro atoms. The number of nitrogens with zero attached hydrogens (tertiary/aromatic N) is 1. The minimum absolute atomic E-state index is 0.194. The van der Waals surface area contributed by atoms with Gasteiger partial charge in [-0.25, -0.2) is 4.98 Å². The molecule has 1 aromatic carbocycles. The second-order valence-electron chi connectivity index (χ2n) is 9.80. The zero-order valence-corrected chi connectivity index (χ0v) is 18.2. The van der Waals surface area contributed by atoms with E-state index in [2.05, 4.69) is 4.98 Å². The highest BCUT2D eigenvalue weighted by atomic mass is 32.1. The normalized spacial score (nSPS) is 30.9. The molecule has 5 nitrogen and oxygen atoms in total. The van der Waals surface area contributed by atoms with Gasteiger partial charge in [0.25, 0.3) is 0 Å². The van der Waals surface area contributed by atoms with Crippen molar-refractivity contribution in [1.29, 1.82) is 0 Å². The molecule has 2 aromatic rings. The SMILES string of the molecule is O=C(C[C@@](O)(c1nc2ccccc2s1)C(F)(F)F)OCC(=O)C12CC3CC(CC(C3)C1)C2. The summed E-state index contributed by atoms with van der Waals surface area (Å²) >= 11 is 0.680. The highest BCUT2D eigenvalue weighted by molar-refractivity contribution is 7.18. The molecule has 4 bridgehead atoms. The van der Waals surface area contributed by atoms with Gasteiger partial charge in [-0.3, -0.25) is 9.59 Å². The molecule has 4 saturated carbocycles. The summed E-state index contributed by atoms with van der Waals surface area (Å²) in [4.78, 5) is 29.2. The van der Waals surface area contributed by atoms with Gasteiger partial charge in [0.05, 0.1) is 16.6 Å². The topological polar surface area (TPSA) is 76.5 Å². The van der Waals surface area contributed by atoms with E-state index in [0.717, 1.165) is 38.5 Å². The van der Waals surface area contributed by atoms with Crippen LogP contribution in [0.15, 0.2) is 24.3 Å². The summed E-state index contributed by atoms with van der Waals surface area (Å²) in [6, 6.07) is 6.41.